The van der Waals surface area contributed by atoms with Crippen LogP contribution in [-0.2, 0) is 17.8 Å². The number of carbonyl (C=O) groups is 1. The van der Waals surface area contributed by atoms with Crippen molar-refractivity contribution in [3.05, 3.63) is 29.3 Å². The Bertz CT molecular complexity index is 376. The average Bonchev–Trinajstić information content (AvgIpc) is 2.57. The molecule has 0 aliphatic carbocycles. The summed E-state index contributed by atoms with van der Waals surface area (Å²) >= 11 is 0. The molecule has 0 saturated heterocycles. The number of benzene rings is 1. The fourth-order valence-electron chi connectivity index (χ4n) is 1.72. The summed E-state index contributed by atoms with van der Waals surface area (Å²) in [4.78, 5) is 11.1. The Balaban J connectivity index is 2.03. The topological polar surface area (TPSA) is 53.2 Å². The second-order valence-corrected chi connectivity index (χ2v) is 3.67. The van der Waals surface area contributed by atoms with Crippen LogP contribution in [0.5, 0.6) is 0 Å². The maximum absolute atomic E-state index is 11.1. The lowest BCUT2D eigenvalue weighted by atomic mass is 10.1. The van der Waals surface area contributed by atoms with Gasteiger partial charge in [0, 0.05) is 18.9 Å². The highest BCUT2D eigenvalue weighted by molar-refractivity contribution is 5.99. The van der Waals surface area contributed by atoms with Crippen LogP contribution in [0.2, 0.25) is 0 Å². The minimum absolute atomic E-state index is 0.0883. The Labute approximate surface area is 89.1 Å². The molecule has 0 aromatic heterocycles. The summed E-state index contributed by atoms with van der Waals surface area (Å²) < 4.78 is 0. The van der Waals surface area contributed by atoms with Crippen molar-refractivity contribution in [2.75, 3.05) is 19.0 Å². The maximum Gasteiger partial charge on any atom is 0.228 e. The van der Waals surface area contributed by atoms with Gasteiger partial charge in [-0.15, -0.1) is 0 Å². The minimum Gasteiger partial charge on any atom is -0.326 e. The molecule has 0 radical (unpaired) electrons. The number of fused-ring (bicyclic) bond motifs is 1. The number of amides is 1. The number of carbonyl (C=O) groups excluding carboxylic acids is 1. The molecule has 0 atom stereocenters. The molecule has 80 valence electrons. The van der Waals surface area contributed by atoms with Crippen LogP contribution in [-0.4, -0.2) is 19.6 Å². The van der Waals surface area contributed by atoms with Gasteiger partial charge in [0.05, 0.1) is 6.42 Å². The fraction of sp³-hybridized carbons (Fsp3) is 0.364. The van der Waals surface area contributed by atoms with Crippen LogP contribution in [0.25, 0.3) is 0 Å². The van der Waals surface area contributed by atoms with Crippen LogP contribution >= 0.6 is 0 Å². The van der Waals surface area contributed by atoms with Crippen molar-refractivity contribution in [2.45, 2.75) is 13.0 Å². The van der Waals surface area contributed by atoms with E-state index in [-0.39, 0.29) is 5.91 Å². The predicted octanol–water partition coefficient (Wildman–Crippen LogP) is 0.448. The van der Waals surface area contributed by atoms with Crippen molar-refractivity contribution in [2.24, 2.45) is 0 Å². The molecule has 0 bridgehead atoms. The third kappa shape index (κ3) is 2.34. The van der Waals surface area contributed by atoms with Crippen LogP contribution < -0.4 is 16.0 Å². The van der Waals surface area contributed by atoms with Gasteiger partial charge in [-0.3, -0.25) is 4.79 Å². The number of nitrogens with one attached hydrogen (secondary N) is 3. The molecule has 1 aromatic carbocycles. The van der Waals surface area contributed by atoms with Crippen LogP contribution in [0, 0.1) is 0 Å². The van der Waals surface area contributed by atoms with Crippen molar-refractivity contribution < 1.29 is 4.79 Å². The van der Waals surface area contributed by atoms with Gasteiger partial charge in [0.2, 0.25) is 5.91 Å². The molecule has 4 heteroatoms. The minimum atomic E-state index is 0.0883. The van der Waals surface area contributed by atoms with Crippen LogP contribution in [0.3, 0.4) is 0 Å². The van der Waals surface area contributed by atoms with Crippen molar-refractivity contribution >= 4 is 11.6 Å². The van der Waals surface area contributed by atoms with E-state index in [0.717, 1.165) is 24.5 Å². The molecule has 1 aromatic rings. The highest BCUT2D eigenvalue weighted by atomic mass is 16.1. The van der Waals surface area contributed by atoms with Crippen LogP contribution in [0.15, 0.2) is 18.2 Å². The first kappa shape index (κ1) is 10.1. The molecule has 2 rings (SSSR count). The number of hydrogen-bond acceptors (Lipinski definition) is 3. The standard InChI is InChI=1S/C11H15N3O/c1-12-7-13-6-8-2-3-10-9(4-8)5-11(15)14-10/h2-4,12-13H,5-7H2,1H3,(H,14,15). The third-order valence-corrected chi connectivity index (χ3v) is 2.43. The Morgan fingerprint density at radius 2 is 2.33 bits per heavy atom. The lowest BCUT2D eigenvalue weighted by Gasteiger charge is -2.05. The molecule has 1 amide bonds. The van der Waals surface area contributed by atoms with Crippen molar-refractivity contribution in [3.8, 4) is 0 Å². The SMILES string of the molecule is CNCNCc1ccc2c(c1)CC(=O)N2. The summed E-state index contributed by atoms with van der Waals surface area (Å²) in [6.45, 7) is 1.61. The monoisotopic (exact) mass is 205 g/mol. The fourth-order valence-corrected chi connectivity index (χ4v) is 1.72. The van der Waals surface area contributed by atoms with Gasteiger partial charge >= 0.3 is 0 Å². The normalized spacial score (nSPS) is 13.8. The van der Waals surface area contributed by atoms with Gasteiger partial charge < -0.3 is 16.0 Å². The van der Waals surface area contributed by atoms with E-state index in [0.29, 0.717) is 6.42 Å². The molecule has 3 N–H and O–H groups in total. The zero-order valence-corrected chi connectivity index (χ0v) is 8.76. The van der Waals surface area contributed by atoms with Gasteiger partial charge in [-0.2, -0.15) is 0 Å². The van der Waals surface area contributed by atoms with Crippen LogP contribution in [0.4, 0.5) is 5.69 Å². The summed E-state index contributed by atoms with van der Waals surface area (Å²) in [6.07, 6.45) is 0.509. The molecule has 0 spiro atoms. The highest BCUT2D eigenvalue weighted by Crippen LogP contribution is 2.23. The molecular formula is C11H15N3O. The zero-order valence-electron chi connectivity index (χ0n) is 8.76. The number of anilines is 1. The zero-order chi connectivity index (χ0) is 10.7. The molecule has 0 fully saturated rings. The maximum atomic E-state index is 11.1. The average molecular weight is 205 g/mol. The molecule has 1 heterocycles. The summed E-state index contributed by atoms with van der Waals surface area (Å²) in [6, 6.07) is 6.08. The van der Waals surface area contributed by atoms with E-state index in [1.54, 1.807) is 0 Å². The van der Waals surface area contributed by atoms with E-state index in [1.807, 2.05) is 19.2 Å². The Hall–Kier alpha value is -1.39. The van der Waals surface area contributed by atoms with Crippen LogP contribution in [0.1, 0.15) is 11.1 Å². The summed E-state index contributed by atoms with van der Waals surface area (Å²) in [5.74, 6) is 0.0883. The first-order chi connectivity index (χ1) is 7.29. The summed E-state index contributed by atoms with van der Waals surface area (Å²) in [5, 5.41) is 9.08. The van der Waals surface area contributed by atoms with E-state index >= 15 is 0 Å². The Morgan fingerprint density at radius 1 is 1.47 bits per heavy atom. The second-order valence-electron chi connectivity index (χ2n) is 3.67. The van der Waals surface area contributed by atoms with Crippen molar-refractivity contribution in [1.82, 2.24) is 10.6 Å². The second kappa shape index (κ2) is 4.42. The molecule has 1 aliphatic rings. The Kier molecular flexibility index (Phi) is 2.99. The van der Waals surface area contributed by atoms with Gasteiger partial charge in [0.25, 0.3) is 0 Å². The van der Waals surface area contributed by atoms with E-state index in [1.165, 1.54) is 5.56 Å². The highest BCUT2D eigenvalue weighted by Gasteiger charge is 2.16. The van der Waals surface area contributed by atoms with E-state index in [9.17, 15) is 4.79 Å². The number of hydrogen-bond donors (Lipinski definition) is 3. The smallest absolute Gasteiger partial charge is 0.228 e. The predicted molar refractivity (Wildman–Crippen MR) is 59.5 cm³/mol. The van der Waals surface area contributed by atoms with Crippen molar-refractivity contribution in [3.63, 3.8) is 0 Å². The molecule has 0 unspecified atom stereocenters. The molecule has 1 aliphatic heterocycles. The first-order valence-corrected chi connectivity index (χ1v) is 5.06. The van der Waals surface area contributed by atoms with Gasteiger partial charge in [-0.05, 0) is 24.2 Å². The lowest BCUT2D eigenvalue weighted by molar-refractivity contribution is -0.115. The molecular weight excluding hydrogens is 190 g/mol. The lowest BCUT2D eigenvalue weighted by Crippen LogP contribution is -2.25. The number of rotatable bonds is 4. The molecule has 0 saturated carbocycles. The van der Waals surface area contributed by atoms with E-state index < -0.39 is 0 Å². The largest absolute Gasteiger partial charge is 0.326 e. The van der Waals surface area contributed by atoms with E-state index in [2.05, 4.69) is 22.0 Å². The summed E-state index contributed by atoms with van der Waals surface area (Å²) in [5.41, 5.74) is 3.27. The molecule has 4 nitrogen and oxygen atoms in total. The van der Waals surface area contributed by atoms with Gasteiger partial charge in [-0.1, -0.05) is 12.1 Å². The van der Waals surface area contributed by atoms with E-state index in [4.69, 9.17) is 0 Å². The van der Waals surface area contributed by atoms with Crippen molar-refractivity contribution in [1.29, 1.82) is 0 Å². The van der Waals surface area contributed by atoms with Gasteiger partial charge in [-0.25, -0.2) is 0 Å². The summed E-state index contributed by atoms with van der Waals surface area (Å²) in [7, 11) is 1.90. The Morgan fingerprint density at radius 3 is 3.13 bits per heavy atom. The van der Waals surface area contributed by atoms with Gasteiger partial charge in [0.15, 0.2) is 0 Å². The first-order valence-electron chi connectivity index (χ1n) is 5.06. The quantitative estimate of drug-likeness (QED) is 0.494. The third-order valence-electron chi connectivity index (χ3n) is 2.43. The van der Waals surface area contributed by atoms with Gasteiger partial charge in [0.1, 0.15) is 0 Å². The molecule has 15 heavy (non-hydrogen) atoms.